The van der Waals surface area contributed by atoms with Crippen molar-refractivity contribution in [2.24, 2.45) is 0 Å². The molecule has 2 aromatic rings. The molecule has 0 N–H and O–H groups in total. The number of esters is 1. The monoisotopic (exact) mass is 414 g/mol. The van der Waals surface area contributed by atoms with Crippen LogP contribution < -0.4 is 8.92 Å². The summed E-state index contributed by atoms with van der Waals surface area (Å²) in [4.78, 5) is 11.0. The van der Waals surface area contributed by atoms with E-state index in [9.17, 15) is 4.79 Å². The van der Waals surface area contributed by atoms with E-state index in [1.807, 2.05) is 12.1 Å². The third-order valence-corrected chi connectivity index (χ3v) is 6.75. The van der Waals surface area contributed by atoms with Crippen molar-refractivity contribution >= 4 is 44.8 Å². The summed E-state index contributed by atoms with van der Waals surface area (Å²) in [6.07, 6.45) is 0. The molecule has 0 bridgehead atoms. The molecule has 0 unspecified atom stereocenters. The minimum absolute atomic E-state index is 0.230. The van der Waals surface area contributed by atoms with E-state index in [-0.39, 0.29) is 20.9 Å². The number of rotatable bonds is 6. The molecule has 0 saturated heterocycles. The van der Waals surface area contributed by atoms with Crippen LogP contribution in [0.25, 0.3) is 0 Å². The van der Waals surface area contributed by atoms with Crippen LogP contribution in [0.2, 0.25) is 5.82 Å². The Morgan fingerprint density at radius 3 is 2.19 bits per heavy atom. The van der Waals surface area contributed by atoms with Crippen molar-refractivity contribution in [1.82, 2.24) is 0 Å². The Morgan fingerprint density at radius 2 is 1.57 bits per heavy atom. The second-order valence-corrected chi connectivity index (χ2v) is 8.62. The van der Waals surface area contributed by atoms with Crippen LogP contribution in [-0.4, -0.2) is 35.9 Å². The van der Waals surface area contributed by atoms with E-state index >= 15 is 0 Å². The molecule has 0 atom stereocenters. The van der Waals surface area contributed by atoms with Crippen LogP contribution in [0.15, 0.2) is 48.5 Å². The van der Waals surface area contributed by atoms with Crippen LogP contribution in [0.1, 0.15) is 18.1 Å². The van der Waals surface area contributed by atoms with Crippen LogP contribution in [0, 0.1) is 0 Å². The molecule has 4 heteroatoms. The van der Waals surface area contributed by atoms with Gasteiger partial charge in [-0.2, -0.15) is 0 Å². The molecule has 0 spiro atoms. The van der Waals surface area contributed by atoms with Gasteiger partial charge < -0.3 is 0 Å². The molecule has 0 saturated carbocycles. The van der Waals surface area contributed by atoms with E-state index in [1.54, 1.807) is 0 Å². The molecule has 2 nitrogen and oxygen atoms in total. The van der Waals surface area contributed by atoms with Gasteiger partial charge >= 0.3 is 139 Å². The molecule has 21 heavy (non-hydrogen) atoms. The number of ether oxygens (including phenoxy) is 1. The summed E-state index contributed by atoms with van der Waals surface area (Å²) >= 11 is 0.891. The van der Waals surface area contributed by atoms with Gasteiger partial charge in [-0.25, -0.2) is 0 Å². The first kappa shape index (κ1) is 16.3. The molecule has 0 aliphatic rings. The van der Waals surface area contributed by atoms with Gasteiger partial charge in [0.25, 0.3) is 0 Å². The SMILES string of the molecule is C[Se]Cc1ccccc1[Se]c1ccccc1COC(C)=O. The van der Waals surface area contributed by atoms with Gasteiger partial charge in [0.2, 0.25) is 0 Å². The van der Waals surface area contributed by atoms with Crippen LogP contribution in [-0.2, 0) is 21.5 Å². The molecule has 0 fully saturated rings. The maximum absolute atomic E-state index is 11.0. The first-order valence-corrected chi connectivity index (χ1v) is 11.3. The first-order chi connectivity index (χ1) is 10.2. The van der Waals surface area contributed by atoms with E-state index < -0.39 is 0 Å². The Bertz CT molecular complexity index is 611. The first-order valence-electron chi connectivity index (χ1n) is 6.66. The van der Waals surface area contributed by atoms with Crippen molar-refractivity contribution in [3.63, 3.8) is 0 Å². The van der Waals surface area contributed by atoms with E-state index in [0.29, 0.717) is 21.6 Å². The molecule has 0 heterocycles. The zero-order valence-corrected chi connectivity index (χ0v) is 15.6. The van der Waals surface area contributed by atoms with Gasteiger partial charge in [0.05, 0.1) is 0 Å². The summed E-state index contributed by atoms with van der Waals surface area (Å²) in [5, 5.41) is 1.18. The molecule has 110 valence electrons. The second kappa shape index (κ2) is 8.41. The molecule has 2 aromatic carbocycles. The van der Waals surface area contributed by atoms with Crippen LogP contribution in [0.4, 0.5) is 0 Å². The third kappa shape index (κ3) is 5.01. The van der Waals surface area contributed by atoms with Gasteiger partial charge in [-0.1, -0.05) is 0 Å². The Balaban J connectivity index is 2.21. The summed E-state index contributed by atoms with van der Waals surface area (Å²) < 4.78 is 7.89. The average molecular weight is 412 g/mol. The number of hydrogen-bond acceptors (Lipinski definition) is 2. The summed E-state index contributed by atoms with van der Waals surface area (Å²) in [5.74, 6) is 2.04. The van der Waals surface area contributed by atoms with Crippen molar-refractivity contribution in [3.8, 4) is 0 Å². The van der Waals surface area contributed by atoms with Gasteiger partial charge in [-0.3, -0.25) is 0 Å². The fraction of sp³-hybridized carbons (Fsp3) is 0.235. The van der Waals surface area contributed by atoms with Crippen molar-refractivity contribution in [1.29, 1.82) is 0 Å². The van der Waals surface area contributed by atoms with E-state index in [4.69, 9.17) is 4.74 Å². The van der Waals surface area contributed by atoms with E-state index in [0.717, 1.165) is 5.56 Å². The fourth-order valence-corrected chi connectivity index (χ4v) is 5.77. The summed E-state index contributed by atoms with van der Waals surface area (Å²) in [6, 6.07) is 16.9. The van der Waals surface area contributed by atoms with Gasteiger partial charge in [-0.05, 0) is 0 Å². The predicted octanol–water partition coefficient (Wildman–Crippen LogP) is 1.66. The standard InChI is InChI=1S/C17H18O2Se2/c1-13(18)19-11-14-7-3-5-9-16(14)21-17-10-6-4-8-15(17)12-20-2/h3-10H,11-12H2,1-2H3. The minimum atomic E-state index is -0.230. The topological polar surface area (TPSA) is 26.3 Å². The zero-order valence-electron chi connectivity index (χ0n) is 12.2. The molecule has 0 aliphatic carbocycles. The van der Waals surface area contributed by atoms with Crippen molar-refractivity contribution < 1.29 is 9.53 Å². The van der Waals surface area contributed by atoms with E-state index in [2.05, 4.69) is 42.2 Å². The van der Waals surface area contributed by atoms with Crippen LogP contribution in [0.3, 0.4) is 0 Å². The van der Waals surface area contributed by atoms with Gasteiger partial charge in [0.1, 0.15) is 0 Å². The Hall–Kier alpha value is -1.05. The van der Waals surface area contributed by atoms with Gasteiger partial charge in [-0.15, -0.1) is 0 Å². The van der Waals surface area contributed by atoms with Crippen LogP contribution in [0.5, 0.6) is 0 Å². The summed E-state index contributed by atoms with van der Waals surface area (Å²) in [7, 11) is 0. The normalized spacial score (nSPS) is 10.4. The van der Waals surface area contributed by atoms with Crippen molar-refractivity contribution in [3.05, 3.63) is 59.7 Å². The van der Waals surface area contributed by atoms with E-state index in [1.165, 1.54) is 26.7 Å². The number of carbonyl (C=O) groups excluding carboxylic acids is 1. The molecule has 0 amide bonds. The fourth-order valence-electron chi connectivity index (χ4n) is 1.90. The number of hydrogen-bond donors (Lipinski definition) is 0. The quantitative estimate of drug-likeness (QED) is 0.533. The molecule has 0 radical (unpaired) electrons. The van der Waals surface area contributed by atoms with Crippen molar-refractivity contribution in [2.75, 3.05) is 0 Å². The number of carbonyl (C=O) groups is 1. The third-order valence-electron chi connectivity index (χ3n) is 2.90. The molecule has 2 rings (SSSR count). The molecular formula is C17H18O2Se2. The maximum atomic E-state index is 11.0. The summed E-state index contributed by atoms with van der Waals surface area (Å²) in [6.45, 7) is 1.82. The van der Waals surface area contributed by atoms with Crippen molar-refractivity contribution in [2.45, 2.75) is 24.7 Å². The van der Waals surface area contributed by atoms with Gasteiger partial charge in [0, 0.05) is 0 Å². The summed E-state index contributed by atoms with van der Waals surface area (Å²) in [5.41, 5.74) is 2.58. The Morgan fingerprint density at radius 1 is 1.00 bits per heavy atom. The Kier molecular flexibility index (Phi) is 6.53. The Labute approximate surface area is 138 Å². The molecule has 0 aliphatic heterocycles. The van der Waals surface area contributed by atoms with Gasteiger partial charge in [0.15, 0.2) is 0 Å². The zero-order chi connectivity index (χ0) is 15.1. The predicted molar refractivity (Wildman–Crippen MR) is 88.7 cm³/mol. The second-order valence-electron chi connectivity index (χ2n) is 4.53. The molecular weight excluding hydrogens is 394 g/mol. The molecule has 0 aromatic heterocycles. The number of benzene rings is 2. The van der Waals surface area contributed by atoms with Crippen LogP contribution >= 0.6 is 0 Å². The average Bonchev–Trinajstić information content (AvgIpc) is 2.48.